The van der Waals surface area contributed by atoms with Gasteiger partial charge in [-0.3, -0.25) is 14.2 Å². The van der Waals surface area contributed by atoms with Crippen molar-refractivity contribution in [3.63, 3.8) is 0 Å². The van der Waals surface area contributed by atoms with Crippen LogP contribution in [0.1, 0.15) is 21.7 Å². The van der Waals surface area contributed by atoms with Gasteiger partial charge in [0.1, 0.15) is 0 Å². The van der Waals surface area contributed by atoms with Crippen molar-refractivity contribution in [1.82, 2.24) is 14.1 Å². The van der Waals surface area contributed by atoms with Crippen LogP contribution in [0.15, 0.2) is 46.8 Å². The van der Waals surface area contributed by atoms with Gasteiger partial charge in [-0.15, -0.1) is 11.3 Å². The van der Waals surface area contributed by atoms with E-state index >= 15 is 0 Å². The van der Waals surface area contributed by atoms with Gasteiger partial charge >= 0.3 is 0 Å². The van der Waals surface area contributed by atoms with Gasteiger partial charge in [-0.1, -0.05) is 6.07 Å². The summed E-state index contributed by atoms with van der Waals surface area (Å²) in [6, 6.07) is 6.71. The average molecular weight is 313 g/mol. The van der Waals surface area contributed by atoms with Crippen LogP contribution in [-0.2, 0) is 6.54 Å². The monoisotopic (exact) mass is 313 g/mol. The lowest BCUT2D eigenvalue weighted by atomic mass is 10.1. The second-order valence-corrected chi connectivity index (χ2v) is 5.90. The van der Waals surface area contributed by atoms with Crippen molar-refractivity contribution in [2.24, 2.45) is 0 Å². The summed E-state index contributed by atoms with van der Waals surface area (Å²) in [6.07, 6.45) is 3.37. The molecule has 0 aliphatic rings. The Morgan fingerprint density at radius 1 is 1.32 bits per heavy atom. The molecule has 0 N–H and O–H groups in total. The number of thiazole rings is 1. The molecule has 3 aromatic heterocycles. The number of aryl methyl sites for hydroxylation is 1. The van der Waals surface area contributed by atoms with Crippen LogP contribution in [-0.4, -0.2) is 19.9 Å². The van der Waals surface area contributed by atoms with Gasteiger partial charge in [0.25, 0.3) is 5.56 Å². The fourth-order valence-electron chi connectivity index (χ4n) is 2.50. The number of hydrogen-bond donors (Lipinski definition) is 0. The predicted molar refractivity (Wildman–Crippen MR) is 85.9 cm³/mol. The second-order valence-electron chi connectivity index (χ2n) is 5.02. The van der Waals surface area contributed by atoms with Gasteiger partial charge in [-0.2, -0.15) is 0 Å². The van der Waals surface area contributed by atoms with Crippen LogP contribution < -0.4 is 5.56 Å². The van der Waals surface area contributed by atoms with Gasteiger partial charge in [0.2, 0.25) is 0 Å². The lowest BCUT2D eigenvalue weighted by Crippen LogP contribution is -2.22. The van der Waals surface area contributed by atoms with E-state index in [1.165, 1.54) is 22.0 Å². The minimum atomic E-state index is -0.176. The van der Waals surface area contributed by atoms with Crippen molar-refractivity contribution in [3.8, 4) is 5.13 Å². The molecule has 3 heterocycles. The zero-order valence-electron chi connectivity index (χ0n) is 12.3. The van der Waals surface area contributed by atoms with Crippen molar-refractivity contribution < 1.29 is 4.79 Å². The molecule has 5 nitrogen and oxygen atoms in total. The lowest BCUT2D eigenvalue weighted by molar-refractivity contribution is 0.0970. The third kappa shape index (κ3) is 2.53. The van der Waals surface area contributed by atoms with E-state index in [0.29, 0.717) is 5.56 Å². The summed E-state index contributed by atoms with van der Waals surface area (Å²) in [5, 5.41) is 2.74. The molecule has 6 heteroatoms. The second kappa shape index (κ2) is 5.73. The minimum absolute atomic E-state index is 0.0435. The Balaban J connectivity index is 1.96. The summed E-state index contributed by atoms with van der Waals surface area (Å²) in [7, 11) is 0. The molecule has 0 aliphatic heterocycles. The summed E-state index contributed by atoms with van der Waals surface area (Å²) < 4.78 is 3.38. The fraction of sp³-hybridized carbons (Fsp3) is 0.188. The van der Waals surface area contributed by atoms with Crippen molar-refractivity contribution >= 4 is 17.1 Å². The SMILES string of the molecule is Cc1cc(C(=O)Cn2ccccc2=O)c(C)n1-c1nccs1. The number of pyridine rings is 1. The topological polar surface area (TPSA) is 56.9 Å². The molecule has 22 heavy (non-hydrogen) atoms. The number of ketones is 1. The predicted octanol–water partition coefficient (Wildman–Crippen LogP) is 2.60. The Hall–Kier alpha value is -2.47. The normalized spacial score (nSPS) is 10.8. The number of rotatable bonds is 4. The quantitative estimate of drug-likeness (QED) is 0.696. The highest BCUT2D eigenvalue weighted by Crippen LogP contribution is 2.22. The zero-order valence-corrected chi connectivity index (χ0v) is 13.1. The maximum Gasteiger partial charge on any atom is 0.250 e. The molecule has 112 valence electrons. The summed E-state index contributed by atoms with van der Waals surface area (Å²) in [6.45, 7) is 3.89. The first-order valence-corrected chi connectivity index (χ1v) is 7.73. The number of Topliss-reactive ketones (excluding diaryl/α,β-unsaturated/α-hetero) is 1. The summed E-state index contributed by atoms with van der Waals surface area (Å²) in [5.41, 5.74) is 2.26. The Morgan fingerprint density at radius 2 is 2.14 bits per heavy atom. The van der Waals surface area contributed by atoms with Crippen LogP contribution >= 0.6 is 11.3 Å². The van der Waals surface area contributed by atoms with E-state index in [-0.39, 0.29) is 17.9 Å². The first kappa shape index (κ1) is 14.5. The van der Waals surface area contributed by atoms with Crippen LogP contribution in [0.2, 0.25) is 0 Å². The van der Waals surface area contributed by atoms with Crippen molar-refractivity contribution in [2.45, 2.75) is 20.4 Å². The van der Waals surface area contributed by atoms with E-state index in [0.717, 1.165) is 16.5 Å². The molecule has 3 aromatic rings. The minimum Gasteiger partial charge on any atom is -0.308 e. The van der Waals surface area contributed by atoms with E-state index in [9.17, 15) is 9.59 Å². The lowest BCUT2D eigenvalue weighted by Gasteiger charge is -2.06. The molecule has 0 amide bonds. The van der Waals surface area contributed by atoms with E-state index in [1.54, 1.807) is 24.5 Å². The first-order chi connectivity index (χ1) is 10.6. The van der Waals surface area contributed by atoms with Crippen molar-refractivity contribution in [3.05, 3.63) is 69.3 Å². The van der Waals surface area contributed by atoms with E-state index in [2.05, 4.69) is 4.98 Å². The van der Waals surface area contributed by atoms with Crippen LogP contribution in [0.25, 0.3) is 5.13 Å². The molecule has 0 fully saturated rings. The molecule has 0 unspecified atom stereocenters. The standard InChI is InChI=1S/C16H15N3O2S/c1-11-9-13(12(2)19(11)16-17-6-8-22-16)14(20)10-18-7-4-3-5-15(18)21/h3-9H,10H2,1-2H3. The van der Waals surface area contributed by atoms with Gasteiger partial charge in [0.05, 0.1) is 6.54 Å². The summed E-state index contributed by atoms with van der Waals surface area (Å²) in [5.74, 6) is -0.0794. The molecular weight excluding hydrogens is 298 g/mol. The molecule has 0 atom stereocenters. The van der Waals surface area contributed by atoms with E-state index in [1.807, 2.05) is 29.9 Å². The summed E-state index contributed by atoms with van der Waals surface area (Å²) >= 11 is 1.52. The summed E-state index contributed by atoms with van der Waals surface area (Å²) in [4.78, 5) is 28.6. The average Bonchev–Trinajstić information content (AvgIpc) is 3.09. The van der Waals surface area contributed by atoms with Crippen molar-refractivity contribution in [2.75, 3.05) is 0 Å². The van der Waals surface area contributed by atoms with Crippen LogP contribution in [0.5, 0.6) is 0 Å². The van der Waals surface area contributed by atoms with Crippen LogP contribution in [0, 0.1) is 13.8 Å². The highest BCUT2D eigenvalue weighted by Gasteiger charge is 2.18. The molecule has 0 spiro atoms. The van der Waals surface area contributed by atoms with E-state index in [4.69, 9.17) is 0 Å². The van der Waals surface area contributed by atoms with Gasteiger partial charge in [0.15, 0.2) is 10.9 Å². The Bertz CT molecular complexity index is 875. The third-order valence-corrected chi connectivity index (χ3v) is 4.31. The third-order valence-electron chi connectivity index (χ3n) is 3.56. The molecule has 0 radical (unpaired) electrons. The Labute approximate surface area is 131 Å². The molecule has 0 aliphatic carbocycles. The van der Waals surface area contributed by atoms with Gasteiger partial charge in [0, 0.05) is 40.8 Å². The van der Waals surface area contributed by atoms with Crippen LogP contribution in [0.3, 0.4) is 0 Å². The molecule has 3 rings (SSSR count). The largest absolute Gasteiger partial charge is 0.308 e. The number of nitrogens with zero attached hydrogens (tertiary/aromatic N) is 3. The van der Waals surface area contributed by atoms with E-state index < -0.39 is 0 Å². The maximum absolute atomic E-state index is 12.5. The Kier molecular flexibility index (Phi) is 3.77. The Morgan fingerprint density at radius 3 is 2.82 bits per heavy atom. The molecule has 0 aromatic carbocycles. The molecular formula is C16H15N3O2S. The highest BCUT2D eigenvalue weighted by molar-refractivity contribution is 7.12. The zero-order chi connectivity index (χ0) is 15.7. The molecule has 0 saturated carbocycles. The number of carbonyl (C=O) groups excluding carboxylic acids is 1. The molecule has 0 saturated heterocycles. The van der Waals surface area contributed by atoms with Gasteiger partial charge in [-0.05, 0) is 26.0 Å². The molecule has 0 bridgehead atoms. The number of aromatic nitrogens is 3. The van der Waals surface area contributed by atoms with Crippen molar-refractivity contribution in [1.29, 1.82) is 0 Å². The maximum atomic E-state index is 12.5. The number of hydrogen-bond acceptors (Lipinski definition) is 4. The number of carbonyl (C=O) groups is 1. The smallest absolute Gasteiger partial charge is 0.250 e. The fourth-order valence-corrected chi connectivity index (χ4v) is 3.25. The highest BCUT2D eigenvalue weighted by atomic mass is 32.1. The first-order valence-electron chi connectivity index (χ1n) is 6.85. The van der Waals surface area contributed by atoms with Crippen LogP contribution in [0.4, 0.5) is 0 Å². The van der Waals surface area contributed by atoms with Gasteiger partial charge < -0.3 is 4.57 Å². The van der Waals surface area contributed by atoms with Gasteiger partial charge in [-0.25, -0.2) is 4.98 Å².